The van der Waals surface area contributed by atoms with Crippen molar-refractivity contribution in [2.45, 2.75) is 11.1 Å². The van der Waals surface area contributed by atoms with Crippen LogP contribution in [0.1, 0.15) is 10.4 Å². The molecule has 1 aromatic rings. The maximum Gasteiger partial charge on any atom is 0.406 e. The SMILES string of the molecule is CN(CC(F)(F)F)C(=O)c1ccccc1S(=O)(=O)Cl. The molecule has 0 aliphatic carbocycles. The van der Waals surface area contributed by atoms with Crippen molar-refractivity contribution in [1.29, 1.82) is 0 Å². The summed E-state index contributed by atoms with van der Waals surface area (Å²) in [6.07, 6.45) is -4.57. The Hall–Kier alpha value is -1.28. The van der Waals surface area contributed by atoms with E-state index in [1.807, 2.05) is 0 Å². The van der Waals surface area contributed by atoms with Crippen LogP contribution in [0, 0.1) is 0 Å². The highest BCUT2D eigenvalue weighted by atomic mass is 35.7. The standard InChI is InChI=1S/C10H9ClF3NO3S/c1-15(6-10(12,13)14)9(16)7-4-2-3-5-8(7)19(11,17)18/h2-5H,6H2,1H3. The summed E-state index contributed by atoms with van der Waals surface area (Å²) >= 11 is 0. The number of nitrogens with zero attached hydrogens (tertiary/aromatic N) is 1. The summed E-state index contributed by atoms with van der Waals surface area (Å²) < 4.78 is 59.0. The maximum atomic E-state index is 12.2. The van der Waals surface area contributed by atoms with Crippen molar-refractivity contribution in [3.63, 3.8) is 0 Å². The molecule has 9 heteroatoms. The summed E-state index contributed by atoms with van der Waals surface area (Å²) in [6.45, 7) is -1.48. The van der Waals surface area contributed by atoms with Gasteiger partial charge in [-0.1, -0.05) is 12.1 Å². The first-order chi connectivity index (χ1) is 8.52. The molecule has 0 saturated heterocycles. The molecule has 0 aliphatic heterocycles. The van der Waals surface area contributed by atoms with E-state index in [1.54, 1.807) is 0 Å². The molecule has 0 N–H and O–H groups in total. The number of amides is 1. The second kappa shape index (κ2) is 5.38. The van der Waals surface area contributed by atoms with Crippen LogP contribution >= 0.6 is 10.7 Å². The Balaban J connectivity index is 3.14. The molecule has 1 rings (SSSR count). The molecular weight excluding hydrogens is 307 g/mol. The highest BCUT2D eigenvalue weighted by Gasteiger charge is 2.32. The molecule has 0 unspecified atom stereocenters. The minimum atomic E-state index is -4.57. The zero-order valence-electron chi connectivity index (χ0n) is 9.61. The second-order valence-corrected chi connectivity index (χ2v) is 6.24. The van der Waals surface area contributed by atoms with E-state index in [2.05, 4.69) is 0 Å². The largest absolute Gasteiger partial charge is 0.406 e. The Labute approximate surface area is 112 Å². The second-order valence-electron chi connectivity index (χ2n) is 3.71. The average Bonchev–Trinajstić information content (AvgIpc) is 2.24. The van der Waals surface area contributed by atoms with Gasteiger partial charge in [-0.25, -0.2) is 8.42 Å². The predicted octanol–water partition coefficient (Wildman–Crippen LogP) is 2.25. The highest BCUT2D eigenvalue weighted by molar-refractivity contribution is 8.13. The average molecular weight is 316 g/mol. The van der Waals surface area contributed by atoms with Gasteiger partial charge >= 0.3 is 6.18 Å². The van der Waals surface area contributed by atoms with E-state index in [0.717, 1.165) is 19.2 Å². The minimum absolute atomic E-state index is 0.376. The fourth-order valence-corrected chi connectivity index (χ4v) is 2.47. The summed E-state index contributed by atoms with van der Waals surface area (Å²) in [5, 5.41) is 0. The first kappa shape index (κ1) is 15.8. The Kier molecular flexibility index (Phi) is 4.46. The van der Waals surface area contributed by atoms with Gasteiger partial charge in [0.25, 0.3) is 15.0 Å². The lowest BCUT2D eigenvalue weighted by Gasteiger charge is -2.19. The summed E-state index contributed by atoms with van der Waals surface area (Å²) in [4.78, 5) is 11.7. The molecule has 19 heavy (non-hydrogen) atoms. The van der Waals surface area contributed by atoms with Crippen LogP contribution < -0.4 is 0 Å². The third-order valence-electron chi connectivity index (χ3n) is 2.14. The molecule has 0 aromatic heterocycles. The molecular formula is C10H9ClF3NO3S. The van der Waals surface area contributed by atoms with E-state index in [9.17, 15) is 26.4 Å². The molecule has 1 aromatic carbocycles. The van der Waals surface area contributed by atoms with Gasteiger partial charge in [0, 0.05) is 17.7 Å². The third kappa shape index (κ3) is 4.39. The zero-order valence-corrected chi connectivity index (χ0v) is 11.2. The van der Waals surface area contributed by atoms with Gasteiger partial charge in [-0.15, -0.1) is 0 Å². The predicted molar refractivity (Wildman–Crippen MR) is 62.5 cm³/mol. The first-order valence-electron chi connectivity index (χ1n) is 4.88. The van der Waals surface area contributed by atoms with Crippen molar-refractivity contribution >= 4 is 25.6 Å². The summed E-state index contributed by atoms with van der Waals surface area (Å²) in [7, 11) is 1.84. The van der Waals surface area contributed by atoms with Gasteiger partial charge in [-0.2, -0.15) is 13.2 Å². The molecule has 0 saturated carbocycles. The first-order valence-corrected chi connectivity index (χ1v) is 7.19. The van der Waals surface area contributed by atoms with Gasteiger partial charge < -0.3 is 4.90 Å². The van der Waals surface area contributed by atoms with Crippen molar-refractivity contribution in [1.82, 2.24) is 4.90 Å². The van der Waals surface area contributed by atoms with Crippen molar-refractivity contribution in [2.75, 3.05) is 13.6 Å². The van der Waals surface area contributed by atoms with Gasteiger partial charge in [0.1, 0.15) is 6.54 Å². The van der Waals surface area contributed by atoms with E-state index in [-0.39, 0.29) is 0 Å². The van der Waals surface area contributed by atoms with Crippen molar-refractivity contribution in [2.24, 2.45) is 0 Å². The normalized spacial score (nSPS) is 12.3. The molecule has 4 nitrogen and oxygen atoms in total. The molecule has 0 bridgehead atoms. The van der Waals surface area contributed by atoms with Crippen LogP contribution in [-0.4, -0.2) is 39.0 Å². The lowest BCUT2D eigenvalue weighted by atomic mass is 10.2. The van der Waals surface area contributed by atoms with E-state index >= 15 is 0 Å². The van der Waals surface area contributed by atoms with Gasteiger partial charge in [0.2, 0.25) is 0 Å². The molecule has 0 radical (unpaired) electrons. The Morgan fingerprint density at radius 2 is 1.84 bits per heavy atom. The van der Waals surface area contributed by atoms with Crippen LogP contribution in [0.5, 0.6) is 0 Å². The molecule has 106 valence electrons. The van der Waals surface area contributed by atoms with Crippen LogP contribution in [-0.2, 0) is 9.05 Å². The van der Waals surface area contributed by atoms with Crippen LogP contribution in [0.2, 0.25) is 0 Å². The van der Waals surface area contributed by atoms with Gasteiger partial charge in [-0.3, -0.25) is 4.79 Å². The topological polar surface area (TPSA) is 54.5 Å². The quantitative estimate of drug-likeness (QED) is 0.804. The molecule has 0 spiro atoms. The van der Waals surface area contributed by atoms with Gasteiger partial charge in [0.15, 0.2) is 0 Å². The number of carbonyl (C=O) groups is 1. The fraction of sp³-hybridized carbons (Fsp3) is 0.300. The maximum absolute atomic E-state index is 12.2. The van der Waals surface area contributed by atoms with Crippen LogP contribution in [0.25, 0.3) is 0 Å². The number of rotatable bonds is 3. The van der Waals surface area contributed by atoms with E-state index in [1.165, 1.54) is 12.1 Å². The third-order valence-corrected chi connectivity index (χ3v) is 3.52. The van der Waals surface area contributed by atoms with Crippen LogP contribution in [0.3, 0.4) is 0 Å². The lowest BCUT2D eigenvalue weighted by molar-refractivity contribution is -0.138. The van der Waals surface area contributed by atoms with Crippen LogP contribution in [0.15, 0.2) is 29.2 Å². The van der Waals surface area contributed by atoms with Gasteiger partial charge in [-0.05, 0) is 12.1 Å². The molecule has 1 amide bonds. The van der Waals surface area contributed by atoms with Crippen LogP contribution in [0.4, 0.5) is 13.2 Å². The van der Waals surface area contributed by atoms with Crippen molar-refractivity contribution in [3.8, 4) is 0 Å². The fourth-order valence-electron chi connectivity index (χ4n) is 1.40. The Bertz CT molecular complexity index is 586. The summed E-state index contributed by atoms with van der Waals surface area (Å²) in [5.41, 5.74) is -0.399. The number of carbonyl (C=O) groups excluding carboxylic acids is 1. The highest BCUT2D eigenvalue weighted by Crippen LogP contribution is 2.22. The molecule has 0 atom stereocenters. The Morgan fingerprint density at radius 3 is 2.32 bits per heavy atom. The number of hydrogen-bond donors (Lipinski definition) is 0. The molecule has 0 fully saturated rings. The smallest absolute Gasteiger partial charge is 0.333 e. The number of alkyl halides is 3. The number of hydrogen-bond acceptors (Lipinski definition) is 3. The number of benzene rings is 1. The monoisotopic (exact) mass is 315 g/mol. The minimum Gasteiger partial charge on any atom is -0.333 e. The van der Waals surface area contributed by atoms with Gasteiger partial charge in [0.05, 0.1) is 10.5 Å². The summed E-state index contributed by atoms with van der Waals surface area (Å²) in [5.74, 6) is -1.07. The van der Waals surface area contributed by atoms with E-state index in [4.69, 9.17) is 10.7 Å². The van der Waals surface area contributed by atoms with E-state index < -0.39 is 38.1 Å². The summed E-state index contributed by atoms with van der Waals surface area (Å²) in [6, 6.07) is 4.80. The van der Waals surface area contributed by atoms with Crippen molar-refractivity contribution in [3.05, 3.63) is 29.8 Å². The molecule has 0 heterocycles. The lowest BCUT2D eigenvalue weighted by Crippen LogP contribution is -2.36. The Morgan fingerprint density at radius 1 is 1.32 bits per heavy atom. The van der Waals surface area contributed by atoms with Crippen molar-refractivity contribution < 1.29 is 26.4 Å². The van der Waals surface area contributed by atoms with E-state index in [0.29, 0.717) is 4.90 Å². The number of halogens is 4. The molecule has 0 aliphatic rings. The zero-order chi connectivity index (χ0) is 14.8.